The van der Waals surface area contributed by atoms with E-state index in [9.17, 15) is 21.6 Å². The first-order valence-electron chi connectivity index (χ1n) is 6.13. The van der Waals surface area contributed by atoms with Crippen LogP contribution in [0.25, 0.3) is 0 Å². The van der Waals surface area contributed by atoms with Crippen molar-refractivity contribution in [2.45, 2.75) is 19.0 Å². The van der Waals surface area contributed by atoms with Gasteiger partial charge in [0.25, 0.3) is 0 Å². The van der Waals surface area contributed by atoms with Crippen molar-refractivity contribution < 1.29 is 21.6 Å². The summed E-state index contributed by atoms with van der Waals surface area (Å²) < 4.78 is 65.1. The number of nitriles is 1. The van der Waals surface area contributed by atoms with Gasteiger partial charge in [0.2, 0.25) is 0 Å². The summed E-state index contributed by atoms with van der Waals surface area (Å²) in [4.78, 5) is 0. The normalized spacial score (nSPS) is 16.7. The Morgan fingerprint density at radius 3 is 2.38 bits per heavy atom. The minimum absolute atomic E-state index is 0.155. The number of nitrogens with zero attached hydrogens (tertiary/aromatic N) is 2. The van der Waals surface area contributed by atoms with Gasteiger partial charge in [0.05, 0.1) is 16.8 Å². The number of nitrogens with one attached hydrogen (secondary N) is 1. The molecule has 5 nitrogen and oxygen atoms in total. The van der Waals surface area contributed by atoms with Gasteiger partial charge in [0, 0.05) is 13.1 Å². The van der Waals surface area contributed by atoms with Crippen LogP contribution in [0.5, 0.6) is 0 Å². The number of halogens is 3. The number of alkyl halides is 3. The minimum atomic E-state index is -4.59. The fraction of sp³-hybridized carbons (Fsp3) is 0.417. The topological polar surface area (TPSA) is 73.2 Å². The predicted octanol–water partition coefficient (Wildman–Crippen LogP) is 2.33. The van der Waals surface area contributed by atoms with Crippen molar-refractivity contribution in [3.8, 4) is 6.07 Å². The summed E-state index contributed by atoms with van der Waals surface area (Å²) in [6, 6.07) is 3.89. The Bertz CT molecular complexity index is 674. The molecule has 9 heteroatoms. The fourth-order valence-electron chi connectivity index (χ4n) is 2.03. The van der Waals surface area contributed by atoms with Crippen LogP contribution in [0, 0.1) is 11.3 Å². The van der Waals surface area contributed by atoms with E-state index in [4.69, 9.17) is 5.26 Å². The molecule has 114 valence electrons. The monoisotopic (exact) mass is 319 g/mol. The largest absolute Gasteiger partial charge is 0.416 e. The van der Waals surface area contributed by atoms with Crippen LogP contribution >= 0.6 is 0 Å². The zero-order chi connectivity index (χ0) is 15.7. The van der Waals surface area contributed by atoms with Crippen molar-refractivity contribution in [2.24, 2.45) is 0 Å². The van der Waals surface area contributed by atoms with Crippen molar-refractivity contribution in [1.82, 2.24) is 4.31 Å². The highest BCUT2D eigenvalue weighted by Gasteiger charge is 2.32. The third-order valence-electron chi connectivity index (χ3n) is 3.11. The van der Waals surface area contributed by atoms with Crippen LogP contribution in [0.15, 0.2) is 18.2 Å². The molecule has 0 saturated carbocycles. The van der Waals surface area contributed by atoms with Crippen molar-refractivity contribution in [3.05, 3.63) is 29.3 Å². The molecule has 1 aromatic rings. The zero-order valence-corrected chi connectivity index (χ0v) is 11.6. The van der Waals surface area contributed by atoms with Gasteiger partial charge in [0.1, 0.15) is 6.07 Å². The van der Waals surface area contributed by atoms with E-state index >= 15 is 0 Å². The van der Waals surface area contributed by atoms with E-state index in [1.807, 2.05) is 0 Å². The van der Waals surface area contributed by atoms with Gasteiger partial charge in [-0.15, -0.1) is 0 Å². The van der Waals surface area contributed by atoms with Crippen LogP contribution in [0.4, 0.5) is 18.9 Å². The number of benzene rings is 1. The molecule has 0 aliphatic carbocycles. The van der Waals surface area contributed by atoms with E-state index in [0.717, 1.165) is 25.0 Å². The van der Waals surface area contributed by atoms with Gasteiger partial charge in [-0.25, -0.2) is 0 Å². The maximum Gasteiger partial charge on any atom is 0.416 e. The summed E-state index contributed by atoms with van der Waals surface area (Å²) in [6.07, 6.45) is -3.12. The van der Waals surface area contributed by atoms with E-state index in [0.29, 0.717) is 19.2 Å². The van der Waals surface area contributed by atoms with Crippen LogP contribution in [0.3, 0.4) is 0 Å². The molecule has 0 radical (unpaired) electrons. The lowest BCUT2D eigenvalue weighted by molar-refractivity contribution is -0.137. The van der Waals surface area contributed by atoms with E-state index in [-0.39, 0.29) is 11.3 Å². The fourth-order valence-corrected chi connectivity index (χ4v) is 3.36. The highest BCUT2D eigenvalue weighted by molar-refractivity contribution is 7.90. The van der Waals surface area contributed by atoms with Gasteiger partial charge in [-0.3, -0.25) is 4.72 Å². The number of hydrogen-bond donors (Lipinski definition) is 1. The first-order chi connectivity index (χ1) is 9.74. The lowest BCUT2D eigenvalue weighted by Gasteiger charge is -2.18. The Hall–Kier alpha value is -1.79. The van der Waals surface area contributed by atoms with E-state index < -0.39 is 21.9 Å². The Morgan fingerprint density at radius 2 is 1.86 bits per heavy atom. The third kappa shape index (κ3) is 3.46. The molecule has 0 atom stereocenters. The van der Waals surface area contributed by atoms with Gasteiger partial charge in [-0.1, -0.05) is 0 Å². The Balaban J connectivity index is 2.31. The number of anilines is 1. The summed E-state index contributed by atoms with van der Waals surface area (Å²) in [5.74, 6) is 0. The molecule has 0 amide bonds. The molecule has 2 rings (SSSR count). The lowest BCUT2D eigenvalue weighted by Crippen LogP contribution is -2.33. The van der Waals surface area contributed by atoms with Crippen molar-refractivity contribution in [1.29, 1.82) is 5.26 Å². The highest BCUT2D eigenvalue weighted by Crippen LogP contribution is 2.32. The average Bonchev–Trinajstić information content (AvgIpc) is 2.92. The van der Waals surface area contributed by atoms with E-state index in [2.05, 4.69) is 4.72 Å². The predicted molar refractivity (Wildman–Crippen MR) is 69.5 cm³/mol. The van der Waals surface area contributed by atoms with Gasteiger partial charge in [-0.2, -0.15) is 31.2 Å². The van der Waals surface area contributed by atoms with Gasteiger partial charge in [0.15, 0.2) is 0 Å². The van der Waals surface area contributed by atoms with Crippen molar-refractivity contribution in [3.63, 3.8) is 0 Å². The first kappa shape index (κ1) is 15.6. The highest BCUT2D eigenvalue weighted by atomic mass is 32.2. The second kappa shape index (κ2) is 5.54. The molecule has 1 aliphatic heterocycles. The summed E-state index contributed by atoms with van der Waals surface area (Å²) in [6.45, 7) is 0.718. The molecular weight excluding hydrogens is 307 g/mol. The molecule has 0 aromatic heterocycles. The maximum absolute atomic E-state index is 12.6. The van der Waals surface area contributed by atoms with Gasteiger partial charge < -0.3 is 0 Å². The van der Waals surface area contributed by atoms with E-state index in [1.165, 1.54) is 4.31 Å². The SMILES string of the molecule is N#Cc1cc(C(F)(F)F)ccc1NS(=O)(=O)N1CCCC1. The summed E-state index contributed by atoms with van der Waals surface area (Å²) in [7, 11) is -3.84. The van der Waals surface area contributed by atoms with Crippen LogP contribution in [0.2, 0.25) is 0 Å². The Morgan fingerprint density at radius 1 is 1.24 bits per heavy atom. The van der Waals surface area contributed by atoms with Crippen LogP contribution in [-0.2, 0) is 16.4 Å². The molecule has 1 fully saturated rings. The molecule has 0 unspecified atom stereocenters. The van der Waals surface area contributed by atoms with Gasteiger partial charge >= 0.3 is 16.4 Å². The molecule has 1 saturated heterocycles. The van der Waals surface area contributed by atoms with Crippen LogP contribution in [-0.4, -0.2) is 25.8 Å². The molecular formula is C12H12F3N3O2S. The Kier molecular flexibility index (Phi) is 4.11. The summed E-state index contributed by atoms with van der Waals surface area (Å²) in [5, 5.41) is 8.91. The van der Waals surface area contributed by atoms with Gasteiger partial charge in [-0.05, 0) is 31.0 Å². The standard InChI is InChI=1S/C12H12F3N3O2S/c13-12(14,15)10-3-4-11(9(7-10)8-16)17-21(19,20)18-5-1-2-6-18/h3-4,7,17H,1-2,5-6H2. The zero-order valence-electron chi connectivity index (χ0n) is 10.8. The molecule has 0 spiro atoms. The Labute approximate surface area is 120 Å². The molecule has 21 heavy (non-hydrogen) atoms. The van der Waals surface area contributed by atoms with Crippen LogP contribution in [0.1, 0.15) is 24.0 Å². The second-order valence-corrected chi connectivity index (χ2v) is 6.25. The first-order valence-corrected chi connectivity index (χ1v) is 7.57. The average molecular weight is 319 g/mol. The summed E-state index contributed by atoms with van der Waals surface area (Å²) >= 11 is 0. The molecule has 1 aliphatic rings. The van der Waals surface area contributed by atoms with Crippen molar-refractivity contribution in [2.75, 3.05) is 17.8 Å². The van der Waals surface area contributed by atoms with E-state index in [1.54, 1.807) is 6.07 Å². The number of rotatable bonds is 3. The summed E-state index contributed by atoms with van der Waals surface area (Å²) in [5.41, 5.74) is -1.52. The second-order valence-electron chi connectivity index (χ2n) is 4.58. The smallest absolute Gasteiger partial charge is 0.270 e. The van der Waals surface area contributed by atoms with Crippen molar-refractivity contribution >= 4 is 15.9 Å². The van der Waals surface area contributed by atoms with Crippen LogP contribution < -0.4 is 4.72 Å². The third-order valence-corrected chi connectivity index (χ3v) is 4.63. The molecule has 1 heterocycles. The number of hydrogen-bond acceptors (Lipinski definition) is 3. The quantitative estimate of drug-likeness (QED) is 0.929. The maximum atomic E-state index is 12.6. The molecule has 1 N–H and O–H groups in total. The minimum Gasteiger partial charge on any atom is -0.270 e. The molecule has 0 bridgehead atoms. The molecule has 1 aromatic carbocycles. The lowest BCUT2D eigenvalue weighted by atomic mass is 10.1.